The van der Waals surface area contributed by atoms with Crippen LogP contribution in [0.2, 0.25) is 5.15 Å². The van der Waals surface area contributed by atoms with Gasteiger partial charge >= 0.3 is 5.97 Å². The molecule has 0 radical (unpaired) electrons. The third-order valence-electron chi connectivity index (χ3n) is 6.39. The molecule has 0 fully saturated rings. The Morgan fingerprint density at radius 2 is 1.90 bits per heavy atom. The molecule has 39 heavy (non-hydrogen) atoms. The van der Waals surface area contributed by atoms with Gasteiger partial charge in [0.2, 0.25) is 0 Å². The zero-order chi connectivity index (χ0) is 28.1. The topological polar surface area (TPSA) is 110 Å². The monoisotopic (exact) mass is 544 g/mol. The second-order valence-corrected chi connectivity index (χ2v) is 11.1. The lowest BCUT2D eigenvalue weighted by Gasteiger charge is -2.22. The maximum absolute atomic E-state index is 13.6. The Bertz CT molecular complexity index is 1800. The van der Waals surface area contributed by atoms with Crippen molar-refractivity contribution >= 4 is 45.1 Å². The number of carbonyl (C=O) groups is 1. The van der Waals surface area contributed by atoms with Gasteiger partial charge in [-0.05, 0) is 83.5 Å². The normalized spacial score (nSPS) is 12.6. The molecule has 0 unspecified atom stereocenters. The Hall–Kier alpha value is -4.17. The molecular formula is C30H29ClN4O4. The zero-order valence-electron chi connectivity index (χ0n) is 22.6. The number of nitrogens with zero attached hydrogens (tertiary/aromatic N) is 2. The van der Waals surface area contributed by atoms with Crippen LogP contribution < -0.4 is 10.7 Å². The molecule has 0 saturated heterocycles. The fourth-order valence-electron chi connectivity index (χ4n) is 4.59. The lowest BCUT2D eigenvalue weighted by Crippen LogP contribution is -2.25. The highest BCUT2D eigenvalue weighted by molar-refractivity contribution is 6.29. The van der Waals surface area contributed by atoms with Crippen molar-refractivity contribution < 1.29 is 13.9 Å². The fourth-order valence-corrected chi connectivity index (χ4v) is 4.74. The molecule has 1 atom stereocenters. The number of hydrogen-bond donors (Lipinski definition) is 2. The molecule has 3 aromatic heterocycles. The van der Waals surface area contributed by atoms with E-state index in [1.807, 2.05) is 44.2 Å². The molecule has 0 amide bonds. The number of carbonyl (C=O) groups excluding carboxylic acids is 1. The summed E-state index contributed by atoms with van der Waals surface area (Å²) in [5, 5.41) is 12.0. The maximum Gasteiger partial charge on any atom is 0.359 e. The van der Waals surface area contributed by atoms with Crippen molar-refractivity contribution in [2.75, 3.05) is 5.32 Å². The average molecular weight is 545 g/mol. The summed E-state index contributed by atoms with van der Waals surface area (Å²) in [6.45, 7) is 11.0. The van der Waals surface area contributed by atoms with Gasteiger partial charge in [0.05, 0.1) is 28.8 Å². The Morgan fingerprint density at radius 1 is 1.13 bits per heavy atom. The van der Waals surface area contributed by atoms with Gasteiger partial charge in [-0.15, -0.1) is 0 Å². The molecule has 8 nitrogen and oxygen atoms in total. The van der Waals surface area contributed by atoms with E-state index in [-0.39, 0.29) is 22.3 Å². The number of pyridine rings is 1. The van der Waals surface area contributed by atoms with Crippen LogP contribution in [0.25, 0.3) is 33.2 Å². The highest BCUT2D eigenvalue weighted by atomic mass is 35.5. The minimum Gasteiger partial charge on any atom is -0.455 e. The smallest absolute Gasteiger partial charge is 0.359 e. The predicted octanol–water partition coefficient (Wildman–Crippen LogP) is 7.13. The summed E-state index contributed by atoms with van der Waals surface area (Å²) >= 11 is 6.12. The minimum absolute atomic E-state index is 0.0765. The Morgan fingerprint density at radius 3 is 2.64 bits per heavy atom. The number of anilines is 1. The molecule has 2 N–H and O–H groups in total. The van der Waals surface area contributed by atoms with Gasteiger partial charge in [-0.3, -0.25) is 9.89 Å². The van der Waals surface area contributed by atoms with Crippen LogP contribution in [0.15, 0.2) is 57.9 Å². The largest absolute Gasteiger partial charge is 0.455 e. The number of aromatic nitrogens is 3. The number of H-pyrrole nitrogens is 1. The van der Waals surface area contributed by atoms with E-state index in [2.05, 4.69) is 20.5 Å². The van der Waals surface area contributed by atoms with E-state index in [9.17, 15) is 9.59 Å². The highest BCUT2D eigenvalue weighted by Gasteiger charge is 2.24. The van der Waals surface area contributed by atoms with Gasteiger partial charge in [-0.2, -0.15) is 5.10 Å². The quantitative estimate of drug-likeness (QED) is 0.179. The Balaban J connectivity index is 1.61. The summed E-state index contributed by atoms with van der Waals surface area (Å²) < 4.78 is 12.0. The lowest BCUT2D eigenvalue weighted by atomic mass is 9.98. The van der Waals surface area contributed by atoms with E-state index >= 15 is 0 Å². The van der Waals surface area contributed by atoms with Crippen LogP contribution in [-0.4, -0.2) is 26.8 Å². The summed E-state index contributed by atoms with van der Waals surface area (Å²) in [6, 6.07) is 12.5. The van der Waals surface area contributed by atoms with Gasteiger partial charge in [-0.25, -0.2) is 9.78 Å². The summed E-state index contributed by atoms with van der Waals surface area (Å²) in [6.07, 6.45) is 1.73. The SMILES string of the molecule is Cc1cc([C@@H](C)Nc2ccc(Cl)nc2C(=O)OC(C)(C)C)c2oc(-c3ccc4[nH]ncc4c3)c(C)c(=O)c2c1. The van der Waals surface area contributed by atoms with Crippen molar-refractivity contribution in [2.24, 2.45) is 0 Å². The first kappa shape index (κ1) is 26.4. The Kier molecular flexibility index (Phi) is 6.68. The van der Waals surface area contributed by atoms with Crippen molar-refractivity contribution in [3.63, 3.8) is 0 Å². The second kappa shape index (κ2) is 9.85. The number of aromatic amines is 1. The van der Waals surface area contributed by atoms with Crippen molar-refractivity contribution in [3.8, 4) is 11.3 Å². The van der Waals surface area contributed by atoms with Crippen molar-refractivity contribution in [1.82, 2.24) is 15.2 Å². The van der Waals surface area contributed by atoms with Crippen molar-refractivity contribution in [1.29, 1.82) is 0 Å². The zero-order valence-corrected chi connectivity index (χ0v) is 23.4. The number of halogens is 1. The number of benzene rings is 2. The molecule has 0 saturated carbocycles. The molecule has 9 heteroatoms. The first-order valence-electron chi connectivity index (χ1n) is 12.6. The molecular weight excluding hydrogens is 516 g/mol. The van der Waals surface area contributed by atoms with Gasteiger partial charge in [0.15, 0.2) is 11.1 Å². The molecule has 200 valence electrons. The van der Waals surface area contributed by atoms with Crippen LogP contribution in [-0.2, 0) is 4.74 Å². The minimum atomic E-state index is -0.701. The van der Waals surface area contributed by atoms with E-state index in [1.165, 1.54) is 0 Å². The van der Waals surface area contributed by atoms with Crippen LogP contribution in [0.4, 0.5) is 5.69 Å². The highest BCUT2D eigenvalue weighted by Crippen LogP contribution is 2.34. The van der Waals surface area contributed by atoms with E-state index in [0.29, 0.717) is 28.0 Å². The van der Waals surface area contributed by atoms with E-state index in [0.717, 1.165) is 27.6 Å². The molecule has 3 heterocycles. The van der Waals surface area contributed by atoms with E-state index < -0.39 is 11.6 Å². The third kappa shape index (κ3) is 5.25. The number of fused-ring (bicyclic) bond motifs is 2. The maximum atomic E-state index is 13.6. The fraction of sp³-hybridized carbons (Fsp3) is 0.267. The molecule has 5 rings (SSSR count). The van der Waals surface area contributed by atoms with Crippen LogP contribution in [0.3, 0.4) is 0 Å². The van der Waals surface area contributed by atoms with Gasteiger partial charge in [0.25, 0.3) is 0 Å². The summed E-state index contributed by atoms with van der Waals surface area (Å²) in [5.74, 6) is -0.0941. The average Bonchev–Trinajstić information content (AvgIpc) is 3.34. The molecule has 5 aromatic rings. The number of ether oxygens (including phenoxy) is 1. The molecule has 0 aliphatic heterocycles. The number of rotatable bonds is 5. The standard InChI is InChI=1S/C30H29ClN4O4/c1-15-11-20(17(3)33-23-9-10-24(31)34-25(23)29(37)39-30(4,5)6)28-21(12-15)26(36)16(2)27(38-28)18-7-8-22-19(13-18)14-32-35-22/h7-14,17,33H,1-6H3,(H,32,35)/t17-/m1/s1. The Labute approximate surface area is 230 Å². The van der Waals surface area contributed by atoms with Gasteiger partial charge in [0.1, 0.15) is 22.1 Å². The molecule has 0 spiro atoms. The first-order chi connectivity index (χ1) is 18.4. The molecule has 0 bridgehead atoms. The molecule has 0 aliphatic rings. The van der Waals surface area contributed by atoms with Crippen LogP contribution in [0.1, 0.15) is 60.9 Å². The van der Waals surface area contributed by atoms with E-state index in [4.69, 9.17) is 20.8 Å². The lowest BCUT2D eigenvalue weighted by molar-refractivity contribution is 0.00640. The molecule has 0 aliphatic carbocycles. The van der Waals surface area contributed by atoms with Crippen LogP contribution in [0, 0.1) is 13.8 Å². The van der Waals surface area contributed by atoms with Gasteiger partial charge in [-0.1, -0.05) is 17.7 Å². The van der Waals surface area contributed by atoms with Gasteiger partial charge in [0, 0.05) is 22.1 Å². The summed E-state index contributed by atoms with van der Waals surface area (Å²) in [4.78, 5) is 30.7. The predicted molar refractivity (Wildman–Crippen MR) is 153 cm³/mol. The van der Waals surface area contributed by atoms with Crippen molar-refractivity contribution in [2.45, 2.75) is 53.2 Å². The molecule has 2 aromatic carbocycles. The first-order valence-corrected chi connectivity index (χ1v) is 13.0. The van der Waals surface area contributed by atoms with Crippen molar-refractivity contribution in [3.05, 3.63) is 86.4 Å². The summed E-state index contributed by atoms with van der Waals surface area (Å²) in [7, 11) is 0. The van der Waals surface area contributed by atoms with Crippen LogP contribution >= 0.6 is 11.6 Å². The number of nitrogens with one attached hydrogen (secondary N) is 2. The number of aryl methyl sites for hydroxylation is 1. The third-order valence-corrected chi connectivity index (χ3v) is 6.60. The van der Waals surface area contributed by atoms with Crippen LogP contribution in [0.5, 0.6) is 0 Å². The van der Waals surface area contributed by atoms with Gasteiger partial charge < -0.3 is 14.5 Å². The number of esters is 1. The number of hydrogen-bond acceptors (Lipinski definition) is 7. The second-order valence-electron chi connectivity index (χ2n) is 10.7. The summed E-state index contributed by atoms with van der Waals surface area (Å²) in [5.41, 5.74) is 4.07. The van der Waals surface area contributed by atoms with E-state index in [1.54, 1.807) is 46.0 Å².